The van der Waals surface area contributed by atoms with E-state index >= 15 is 0 Å². The van der Waals surface area contributed by atoms with E-state index in [1.54, 1.807) is 31.2 Å². The van der Waals surface area contributed by atoms with Crippen LogP contribution in [0.4, 0.5) is 10.1 Å². The van der Waals surface area contributed by atoms with Gasteiger partial charge in [0.25, 0.3) is 5.91 Å². The standard InChI is InChI=1S/C22H21FN2O5S/c1-3-28-18-11-14(5-10-17(18)30-13-20(26)29-4-2)12-19-21(27)25-22(31-19)24-16-8-6-15(23)7-9-16/h5-12H,3-4,13H2,1-2H3,(H,24,25,27)/b19-12-. The molecule has 1 aliphatic rings. The van der Waals surface area contributed by atoms with Crippen molar-refractivity contribution in [3.05, 3.63) is 58.8 Å². The molecule has 31 heavy (non-hydrogen) atoms. The SMILES string of the molecule is CCOC(=O)COc1ccc(/C=C2\SC(=Nc3ccc(F)cc3)NC2=O)cc1OCC. The zero-order chi connectivity index (χ0) is 22.2. The summed E-state index contributed by atoms with van der Waals surface area (Å²) in [5, 5.41) is 3.09. The molecule has 2 aromatic carbocycles. The van der Waals surface area contributed by atoms with Gasteiger partial charge in [0, 0.05) is 0 Å². The normalized spacial score (nSPS) is 15.8. The van der Waals surface area contributed by atoms with Gasteiger partial charge in [0.1, 0.15) is 5.82 Å². The van der Waals surface area contributed by atoms with Crippen molar-refractivity contribution >= 4 is 40.6 Å². The third-order valence-electron chi connectivity index (χ3n) is 3.92. The quantitative estimate of drug-likeness (QED) is 0.488. The molecule has 0 spiro atoms. The van der Waals surface area contributed by atoms with Gasteiger partial charge in [0.05, 0.1) is 23.8 Å². The molecule has 3 rings (SSSR count). The Labute approximate surface area is 183 Å². The predicted molar refractivity (Wildman–Crippen MR) is 117 cm³/mol. The van der Waals surface area contributed by atoms with Crippen LogP contribution in [0.2, 0.25) is 0 Å². The number of carbonyl (C=O) groups is 2. The van der Waals surface area contributed by atoms with Crippen LogP contribution < -0.4 is 14.8 Å². The van der Waals surface area contributed by atoms with Crippen LogP contribution in [0.5, 0.6) is 11.5 Å². The van der Waals surface area contributed by atoms with E-state index < -0.39 is 5.97 Å². The predicted octanol–water partition coefficient (Wildman–Crippen LogP) is 4.06. The van der Waals surface area contributed by atoms with Gasteiger partial charge in [-0.15, -0.1) is 0 Å². The van der Waals surface area contributed by atoms with Crippen molar-refractivity contribution in [2.45, 2.75) is 13.8 Å². The van der Waals surface area contributed by atoms with E-state index in [0.717, 1.165) is 0 Å². The summed E-state index contributed by atoms with van der Waals surface area (Å²) in [6.45, 7) is 4.01. The van der Waals surface area contributed by atoms with E-state index in [2.05, 4.69) is 10.3 Å². The summed E-state index contributed by atoms with van der Waals surface area (Å²) in [5.74, 6) is -0.258. The summed E-state index contributed by atoms with van der Waals surface area (Å²) in [7, 11) is 0. The zero-order valence-corrected chi connectivity index (χ0v) is 17.8. The van der Waals surface area contributed by atoms with Gasteiger partial charge in [-0.25, -0.2) is 14.2 Å². The van der Waals surface area contributed by atoms with Crippen molar-refractivity contribution in [1.82, 2.24) is 5.32 Å². The minimum absolute atomic E-state index is 0.226. The van der Waals surface area contributed by atoms with E-state index in [1.807, 2.05) is 6.92 Å². The first-order valence-corrected chi connectivity index (χ1v) is 10.4. The molecule has 0 saturated carbocycles. The molecule has 0 radical (unpaired) electrons. The van der Waals surface area contributed by atoms with Gasteiger partial charge >= 0.3 is 5.97 Å². The maximum absolute atomic E-state index is 13.0. The number of rotatable bonds is 8. The maximum atomic E-state index is 13.0. The van der Waals surface area contributed by atoms with E-state index in [9.17, 15) is 14.0 Å². The number of amides is 1. The lowest BCUT2D eigenvalue weighted by molar-refractivity contribution is -0.145. The van der Waals surface area contributed by atoms with Gasteiger partial charge < -0.3 is 19.5 Å². The molecule has 0 atom stereocenters. The Hall–Kier alpha value is -3.33. The lowest BCUT2D eigenvalue weighted by atomic mass is 10.2. The van der Waals surface area contributed by atoms with Crippen LogP contribution in [-0.2, 0) is 14.3 Å². The molecule has 1 saturated heterocycles. The van der Waals surface area contributed by atoms with Gasteiger partial charge in [0.2, 0.25) is 0 Å². The number of halogens is 1. The van der Waals surface area contributed by atoms with Crippen molar-refractivity contribution in [2.75, 3.05) is 19.8 Å². The molecule has 1 aliphatic heterocycles. The molecule has 0 aliphatic carbocycles. The molecular weight excluding hydrogens is 423 g/mol. The first kappa shape index (κ1) is 22.4. The number of hydrogen-bond donors (Lipinski definition) is 1. The highest BCUT2D eigenvalue weighted by Crippen LogP contribution is 2.32. The molecule has 0 unspecified atom stereocenters. The minimum atomic E-state index is -0.469. The zero-order valence-electron chi connectivity index (χ0n) is 17.0. The number of esters is 1. The number of amidine groups is 1. The Kier molecular flexibility index (Phi) is 7.66. The number of ether oxygens (including phenoxy) is 3. The van der Waals surface area contributed by atoms with E-state index in [0.29, 0.717) is 39.4 Å². The average Bonchev–Trinajstić information content (AvgIpc) is 3.08. The van der Waals surface area contributed by atoms with Gasteiger partial charge in [-0.1, -0.05) is 6.07 Å². The smallest absolute Gasteiger partial charge is 0.344 e. The minimum Gasteiger partial charge on any atom is -0.490 e. The van der Waals surface area contributed by atoms with Crippen molar-refractivity contribution < 1.29 is 28.2 Å². The van der Waals surface area contributed by atoms with Crippen LogP contribution in [0.3, 0.4) is 0 Å². The number of nitrogens with one attached hydrogen (secondary N) is 1. The first-order chi connectivity index (χ1) is 15.0. The second kappa shape index (κ2) is 10.6. The Morgan fingerprint density at radius 2 is 1.87 bits per heavy atom. The summed E-state index contributed by atoms with van der Waals surface area (Å²) >= 11 is 1.18. The van der Waals surface area contributed by atoms with Crippen molar-refractivity contribution in [3.8, 4) is 11.5 Å². The van der Waals surface area contributed by atoms with Crippen molar-refractivity contribution in [1.29, 1.82) is 0 Å². The van der Waals surface area contributed by atoms with Gasteiger partial charge in [-0.3, -0.25) is 4.79 Å². The number of nitrogens with zero attached hydrogens (tertiary/aromatic N) is 1. The van der Waals surface area contributed by atoms with Crippen LogP contribution in [0.25, 0.3) is 6.08 Å². The van der Waals surface area contributed by atoms with Crippen LogP contribution >= 0.6 is 11.8 Å². The highest BCUT2D eigenvalue weighted by molar-refractivity contribution is 8.18. The summed E-state index contributed by atoms with van der Waals surface area (Å²) in [6.07, 6.45) is 1.70. The summed E-state index contributed by atoms with van der Waals surface area (Å²) in [6, 6.07) is 10.8. The number of carbonyl (C=O) groups excluding carboxylic acids is 2. The Morgan fingerprint density at radius 3 is 2.58 bits per heavy atom. The summed E-state index contributed by atoms with van der Waals surface area (Å²) < 4.78 is 29.0. The molecule has 1 fully saturated rings. The fourth-order valence-corrected chi connectivity index (χ4v) is 3.45. The fourth-order valence-electron chi connectivity index (χ4n) is 2.61. The molecule has 0 bridgehead atoms. The molecule has 1 N–H and O–H groups in total. The first-order valence-electron chi connectivity index (χ1n) is 9.59. The molecule has 9 heteroatoms. The number of aliphatic imine (C=N–C) groups is 1. The second-order valence-electron chi connectivity index (χ2n) is 6.19. The molecule has 7 nitrogen and oxygen atoms in total. The van der Waals surface area contributed by atoms with Crippen LogP contribution in [0.1, 0.15) is 19.4 Å². The fraction of sp³-hybridized carbons (Fsp3) is 0.227. The second-order valence-corrected chi connectivity index (χ2v) is 7.22. The number of hydrogen-bond acceptors (Lipinski definition) is 7. The highest BCUT2D eigenvalue weighted by Gasteiger charge is 2.24. The van der Waals surface area contributed by atoms with Gasteiger partial charge in [0.15, 0.2) is 23.3 Å². The third-order valence-corrected chi connectivity index (χ3v) is 4.83. The molecule has 2 aromatic rings. The number of benzene rings is 2. The topological polar surface area (TPSA) is 86.2 Å². The third kappa shape index (κ3) is 6.32. The molecule has 1 amide bonds. The highest BCUT2D eigenvalue weighted by atomic mass is 32.2. The Balaban J connectivity index is 1.75. The maximum Gasteiger partial charge on any atom is 0.344 e. The Morgan fingerprint density at radius 1 is 1.10 bits per heavy atom. The van der Waals surface area contributed by atoms with Crippen LogP contribution in [-0.4, -0.2) is 36.9 Å². The molecular formula is C22H21FN2O5S. The van der Waals surface area contributed by atoms with Gasteiger partial charge in [-0.2, -0.15) is 0 Å². The van der Waals surface area contributed by atoms with E-state index in [1.165, 1.54) is 36.0 Å². The average molecular weight is 444 g/mol. The monoisotopic (exact) mass is 444 g/mol. The van der Waals surface area contributed by atoms with Crippen molar-refractivity contribution in [3.63, 3.8) is 0 Å². The lowest BCUT2D eigenvalue weighted by Crippen LogP contribution is -2.19. The summed E-state index contributed by atoms with van der Waals surface area (Å²) in [5.41, 5.74) is 1.25. The summed E-state index contributed by atoms with van der Waals surface area (Å²) in [4.78, 5) is 28.6. The van der Waals surface area contributed by atoms with E-state index in [-0.39, 0.29) is 24.9 Å². The molecule has 1 heterocycles. The molecule has 0 aromatic heterocycles. The molecule has 162 valence electrons. The lowest BCUT2D eigenvalue weighted by Gasteiger charge is -2.12. The van der Waals surface area contributed by atoms with Crippen molar-refractivity contribution in [2.24, 2.45) is 4.99 Å². The Bertz CT molecular complexity index is 1020. The largest absolute Gasteiger partial charge is 0.490 e. The number of thioether (sulfide) groups is 1. The van der Waals surface area contributed by atoms with E-state index in [4.69, 9.17) is 14.2 Å². The van der Waals surface area contributed by atoms with Crippen LogP contribution in [0.15, 0.2) is 52.4 Å². The van der Waals surface area contributed by atoms with Crippen LogP contribution in [0, 0.1) is 5.82 Å². The van der Waals surface area contributed by atoms with Gasteiger partial charge in [-0.05, 0) is 73.6 Å².